The Morgan fingerprint density at radius 1 is 0.442 bits per heavy atom. The molecule has 0 unspecified atom stereocenters. The van der Waals surface area contributed by atoms with Crippen molar-refractivity contribution in [3.63, 3.8) is 0 Å². The highest BCUT2D eigenvalue weighted by Gasteiger charge is 2.97. The topological polar surface area (TPSA) is 43.4 Å². The second-order valence-electron chi connectivity index (χ2n) is 7.49. The first-order valence-electron chi connectivity index (χ1n) is 8.95. The maximum Gasteiger partial charge on any atom is 0.471 e. The van der Waals surface area contributed by atoms with Crippen LogP contribution in [-0.2, 0) is 9.05 Å². The lowest BCUT2D eigenvalue weighted by molar-refractivity contribution is -0.476. The van der Waals surface area contributed by atoms with E-state index >= 15 is 0 Å². The summed E-state index contributed by atoms with van der Waals surface area (Å²) in [5.41, 5.74) is 0. The quantitative estimate of drug-likeness (QED) is 0.106. The largest absolute Gasteiger partial charge is 0.471 e. The predicted molar refractivity (Wildman–Crippen MR) is 85.6 cm³/mol. The van der Waals surface area contributed by atoms with Gasteiger partial charge in [0, 0.05) is 10.7 Å². The molecule has 0 heterocycles. The van der Waals surface area contributed by atoms with Crippen molar-refractivity contribution in [2.75, 3.05) is 0 Å². The van der Waals surface area contributed by atoms with Crippen LogP contribution in [0.1, 0.15) is 0 Å². The van der Waals surface area contributed by atoms with E-state index in [9.17, 15) is 109 Å². The molecule has 43 heavy (non-hydrogen) atoms. The summed E-state index contributed by atoms with van der Waals surface area (Å²) in [5.74, 6) is -81.4. The van der Waals surface area contributed by atoms with E-state index < -0.39 is 96.7 Å². The van der Waals surface area contributed by atoms with Gasteiger partial charge in [0.25, 0.3) is 9.05 Å². The van der Waals surface area contributed by atoms with E-state index in [1.807, 2.05) is 0 Å². The van der Waals surface area contributed by atoms with E-state index in [0.29, 0.717) is 0 Å². The molecule has 0 aliphatic carbocycles. The van der Waals surface area contributed by atoms with E-state index in [1.54, 1.807) is 0 Å². The molecule has 0 atom stereocenters. The van der Waals surface area contributed by atoms with Gasteiger partial charge in [-0.2, -0.15) is 87.8 Å². The van der Waals surface area contributed by atoms with E-state index in [1.165, 1.54) is 0 Å². The van der Waals surface area contributed by atoms with Crippen LogP contribution in [0.15, 0.2) is 4.90 Å². The van der Waals surface area contributed by atoms with E-state index in [4.69, 9.17) is 0 Å². The van der Waals surface area contributed by atoms with Crippen LogP contribution in [0.2, 0.25) is 0 Å². The SMILES string of the molecule is O=S(=O)(Cl)c1c(F)c(F)c(F)c(F)c1OC(F)(F)C(F)(F)C(F)(F)C(F)(F)C(F)(F)C(F)(F)C(F)(F)C(F)(F)C(F)(F)F. The van der Waals surface area contributed by atoms with Gasteiger partial charge in [-0.15, -0.1) is 0 Å². The predicted octanol–water partition coefficient (Wildman–Crippen LogP) is 8.15. The van der Waals surface area contributed by atoms with Crippen LogP contribution < -0.4 is 4.74 Å². The number of ether oxygens (including phenoxy) is 1. The molecule has 0 fully saturated rings. The van der Waals surface area contributed by atoms with Crippen molar-refractivity contribution in [3.05, 3.63) is 23.3 Å². The van der Waals surface area contributed by atoms with Crippen LogP contribution in [0.5, 0.6) is 5.75 Å². The Labute approximate surface area is 222 Å². The summed E-state index contributed by atoms with van der Waals surface area (Å²) in [6.07, 6.45) is -16.2. The average Bonchev–Trinajstić information content (AvgIpc) is 2.78. The molecule has 252 valence electrons. The fraction of sp³-hybridized carbons (Fsp3) is 0.600. The van der Waals surface area contributed by atoms with Crippen molar-refractivity contribution in [1.29, 1.82) is 0 Å². The van der Waals surface area contributed by atoms with Gasteiger partial charge in [0.15, 0.2) is 22.3 Å². The lowest BCUT2D eigenvalue weighted by atomic mass is 9.88. The average molecular weight is 733 g/mol. The minimum absolute atomic E-state index is 2.19. The van der Waals surface area contributed by atoms with E-state index in [2.05, 4.69) is 15.4 Å². The molecular weight excluding hydrogens is 733 g/mol. The third-order valence-electron chi connectivity index (χ3n) is 4.74. The van der Waals surface area contributed by atoms with Crippen molar-refractivity contribution in [3.8, 4) is 5.75 Å². The van der Waals surface area contributed by atoms with Gasteiger partial charge < -0.3 is 4.74 Å². The molecule has 28 heteroatoms. The number of hydrogen-bond acceptors (Lipinski definition) is 3. The summed E-state index contributed by atoms with van der Waals surface area (Å²) >= 11 is 0. The summed E-state index contributed by atoms with van der Waals surface area (Å²) in [4.78, 5) is -3.37. The number of hydrogen-bond donors (Lipinski definition) is 0. The zero-order valence-electron chi connectivity index (χ0n) is 18.2. The standard InChI is InChI=1S/C15ClF23O3S/c16-43(40,41)6-4(20)2(18)1(17)3(19)5(6)42-15(38,39)13(33,34)11(29,30)9(25,26)7(21,22)8(23,24)10(27,28)12(31,32)14(35,36)37. The van der Waals surface area contributed by atoms with Crippen molar-refractivity contribution in [2.24, 2.45) is 0 Å². The fourth-order valence-electron chi connectivity index (χ4n) is 2.44. The maximum absolute atomic E-state index is 13.9. The van der Waals surface area contributed by atoms with Crippen LogP contribution in [0.25, 0.3) is 0 Å². The number of rotatable bonds is 10. The molecule has 1 aromatic rings. The first kappa shape index (κ1) is 38.7. The molecule has 0 aliphatic rings. The molecule has 0 saturated heterocycles. The first-order chi connectivity index (χ1) is 18.4. The van der Waals surface area contributed by atoms with Crippen LogP contribution in [0.3, 0.4) is 0 Å². The van der Waals surface area contributed by atoms with Gasteiger partial charge in [-0.05, 0) is 0 Å². The van der Waals surface area contributed by atoms with E-state index in [0.717, 1.165) is 0 Å². The molecular formula is C15ClF23O3S. The van der Waals surface area contributed by atoms with Crippen molar-refractivity contribution < 1.29 is 114 Å². The summed E-state index contributed by atoms with van der Waals surface area (Å²) in [5, 5.41) is 0. The van der Waals surface area contributed by atoms with Gasteiger partial charge in [0.2, 0.25) is 11.6 Å². The summed E-state index contributed by atoms with van der Waals surface area (Å²) in [6, 6.07) is 0. The van der Waals surface area contributed by atoms with Gasteiger partial charge in [-0.3, -0.25) is 0 Å². The van der Waals surface area contributed by atoms with E-state index in [-0.39, 0.29) is 0 Å². The number of alkyl halides is 19. The van der Waals surface area contributed by atoms with Crippen molar-refractivity contribution >= 4 is 19.7 Å². The minimum Gasteiger partial charge on any atom is -0.423 e. The van der Waals surface area contributed by atoms with Crippen LogP contribution in [0, 0.1) is 23.3 Å². The minimum atomic E-state index is -9.34. The molecule has 0 spiro atoms. The Bertz CT molecular complexity index is 1360. The normalized spacial score (nSPS) is 15.6. The molecule has 0 bridgehead atoms. The van der Waals surface area contributed by atoms with Gasteiger partial charge in [0.05, 0.1) is 0 Å². The Morgan fingerprint density at radius 3 is 1.02 bits per heavy atom. The highest BCUT2D eigenvalue weighted by molar-refractivity contribution is 8.13. The first-order valence-corrected chi connectivity index (χ1v) is 11.3. The number of benzene rings is 1. The van der Waals surface area contributed by atoms with Gasteiger partial charge in [0.1, 0.15) is 0 Å². The summed E-state index contributed by atoms with van der Waals surface area (Å²) in [6.45, 7) is 0. The zero-order valence-corrected chi connectivity index (χ0v) is 19.8. The number of halogens is 24. The molecule has 0 radical (unpaired) electrons. The molecule has 0 aliphatic heterocycles. The van der Waals surface area contributed by atoms with Gasteiger partial charge >= 0.3 is 53.7 Å². The highest BCUT2D eigenvalue weighted by Crippen LogP contribution is 2.65. The van der Waals surface area contributed by atoms with Crippen LogP contribution >= 0.6 is 10.7 Å². The Hall–Kier alpha value is -2.35. The molecule has 0 saturated carbocycles. The second kappa shape index (κ2) is 10.1. The Morgan fingerprint density at radius 2 is 0.721 bits per heavy atom. The lowest BCUT2D eigenvalue weighted by Crippen LogP contribution is -2.76. The van der Waals surface area contributed by atoms with Crippen LogP contribution in [0.4, 0.5) is 101 Å². The zero-order chi connectivity index (χ0) is 35.2. The summed E-state index contributed by atoms with van der Waals surface area (Å²) < 4.78 is 331. The highest BCUT2D eigenvalue weighted by atomic mass is 35.7. The molecule has 1 aromatic carbocycles. The summed E-state index contributed by atoms with van der Waals surface area (Å²) in [7, 11) is -2.15. The molecule has 0 aromatic heterocycles. The molecule has 3 nitrogen and oxygen atoms in total. The molecule has 0 N–H and O–H groups in total. The second-order valence-corrected chi connectivity index (χ2v) is 9.99. The molecule has 1 rings (SSSR count). The van der Waals surface area contributed by atoms with Crippen molar-refractivity contribution in [2.45, 2.75) is 58.6 Å². The third kappa shape index (κ3) is 5.13. The molecule has 0 amide bonds. The maximum atomic E-state index is 13.9. The fourth-order valence-corrected chi connectivity index (χ4v) is 3.51. The third-order valence-corrected chi connectivity index (χ3v) is 6.06. The van der Waals surface area contributed by atoms with Crippen LogP contribution in [-0.4, -0.2) is 62.2 Å². The van der Waals surface area contributed by atoms with Gasteiger partial charge in [-0.1, -0.05) is 0 Å². The smallest absolute Gasteiger partial charge is 0.423 e. The Kier molecular flexibility index (Phi) is 9.07. The monoisotopic (exact) mass is 732 g/mol. The van der Waals surface area contributed by atoms with Gasteiger partial charge in [-0.25, -0.2) is 21.6 Å². The lowest BCUT2D eigenvalue weighted by Gasteiger charge is -2.43. The van der Waals surface area contributed by atoms with Crippen molar-refractivity contribution in [1.82, 2.24) is 0 Å². The Balaban J connectivity index is 3.95.